The molecule has 0 saturated heterocycles. The zero-order valence-electron chi connectivity index (χ0n) is 13.1. The van der Waals surface area contributed by atoms with Crippen molar-refractivity contribution in [1.82, 2.24) is 0 Å². The molecule has 0 unspecified atom stereocenters. The number of phenols is 1. The molecule has 2 aromatic rings. The van der Waals surface area contributed by atoms with Gasteiger partial charge in [-0.3, -0.25) is 4.79 Å². The van der Waals surface area contributed by atoms with Crippen molar-refractivity contribution in [3.8, 4) is 17.6 Å². The minimum absolute atomic E-state index is 0.0744. The number of nitrogens with one attached hydrogen (secondary N) is 1. The molecule has 0 spiro atoms. The number of rotatable bonds is 4. The minimum Gasteiger partial charge on any atom is -0.504 e. The lowest BCUT2D eigenvalue weighted by atomic mass is 10.1. The number of phenolic OH excluding ortho intramolecular Hbond substituents is 1. The van der Waals surface area contributed by atoms with Crippen molar-refractivity contribution >= 4 is 29.3 Å². The van der Waals surface area contributed by atoms with Gasteiger partial charge in [0.2, 0.25) is 0 Å². The quantitative estimate of drug-likeness (QED) is 0.652. The fourth-order valence-corrected chi connectivity index (χ4v) is 2.20. The first kappa shape index (κ1) is 17.4. The molecule has 122 valence electrons. The van der Waals surface area contributed by atoms with Gasteiger partial charge in [0.05, 0.1) is 7.11 Å². The fourth-order valence-electron chi connectivity index (χ4n) is 2.03. The van der Waals surface area contributed by atoms with Gasteiger partial charge in [-0.15, -0.1) is 0 Å². The average Bonchev–Trinajstić information content (AvgIpc) is 2.56. The van der Waals surface area contributed by atoms with E-state index >= 15 is 0 Å². The summed E-state index contributed by atoms with van der Waals surface area (Å²) in [5, 5.41) is 22.1. The van der Waals surface area contributed by atoms with E-state index in [1.807, 2.05) is 13.0 Å². The topological polar surface area (TPSA) is 82.3 Å². The van der Waals surface area contributed by atoms with E-state index in [0.717, 1.165) is 5.56 Å². The molecule has 0 aliphatic carbocycles. The molecule has 0 aromatic heterocycles. The van der Waals surface area contributed by atoms with Crippen LogP contribution in [-0.2, 0) is 4.79 Å². The number of aryl methyl sites for hydroxylation is 1. The predicted octanol–water partition coefficient (Wildman–Crippen LogP) is 3.91. The van der Waals surface area contributed by atoms with Crippen LogP contribution in [-0.4, -0.2) is 18.1 Å². The third-order valence-corrected chi connectivity index (χ3v) is 3.56. The van der Waals surface area contributed by atoms with Crippen LogP contribution in [0.3, 0.4) is 0 Å². The van der Waals surface area contributed by atoms with Gasteiger partial charge in [0, 0.05) is 10.7 Å². The molecule has 0 heterocycles. The number of ether oxygens (including phenoxy) is 1. The summed E-state index contributed by atoms with van der Waals surface area (Å²) >= 11 is 5.92. The number of halogens is 1. The number of carbonyl (C=O) groups is 1. The Morgan fingerprint density at radius 1 is 1.33 bits per heavy atom. The summed E-state index contributed by atoms with van der Waals surface area (Å²) in [6, 6.07) is 11.6. The largest absolute Gasteiger partial charge is 0.504 e. The second kappa shape index (κ2) is 7.53. The van der Waals surface area contributed by atoms with Gasteiger partial charge < -0.3 is 15.2 Å². The van der Waals surface area contributed by atoms with Crippen LogP contribution in [0.1, 0.15) is 11.1 Å². The number of nitriles is 1. The average molecular weight is 343 g/mol. The molecule has 0 bridgehead atoms. The summed E-state index contributed by atoms with van der Waals surface area (Å²) in [5.41, 5.74) is 1.76. The summed E-state index contributed by atoms with van der Waals surface area (Å²) in [5.74, 6) is -0.322. The number of amides is 1. The van der Waals surface area contributed by atoms with Crippen molar-refractivity contribution in [2.45, 2.75) is 6.92 Å². The monoisotopic (exact) mass is 342 g/mol. The summed E-state index contributed by atoms with van der Waals surface area (Å²) in [6.45, 7) is 1.82. The third kappa shape index (κ3) is 4.06. The van der Waals surface area contributed by atoms with Crippen LogP contribution in [0.25, 0.3) is 6.08 Å². The summed E-state index contributed by atoms with van der Waals surface area (Å²) in [7, 11) is 1.44. The van der Waals surface area contributed by atoms with Crippen molar-refractivity contribution in [1.29, 1.82) is 5.26 Å². The first-order valence-electron chi connectivity index (χ1n) is 7.01. The molecule has 0 saturated carbocycles. The molecule has 1 amide bonds. The van der Waals surface area contributed by atoms with Crippen molar-refractivity contribution in [3.63, 3.8) is 0 Å². The minimum atomic E-state index is -0.557. The van der Waals surface area contributed by atoms with E-state index in [1.165, 1.54) is 19.3 Å². The van der Waals surface area contributed by atoms with E-state index in [9.17, 15) is 15.2 Å². The number of anilines is 1. The van der Waals surface area contributed by atoms with Gasteiger partial charge >= 0.3 is 0 Å². The van der Waals surface area contributed by atoms with E-state index in [-0.39, 0.29) is 11.3 Å². The maximum atomic E-state index is 12.3. The maximum absolute atomic E-state index is 12.3. The molecule has 0 atom stereocenters. The molecule has 0 aliphatic heterocycles. The number of methoxy groups -OCH3 is 1. The lowest BCUT2D eigenvalue weighted by Crippen LogP contribution is -2.14. The molecule has 2 N–H and O–H groups in total. The lowest BCUT2D eigenvalue weighted by molar-refractivity contribution is -0.112. The van der Waals surface area contributed by atoms with Crippen LogP contribution in [0.5, 0.6) is 11.5 Å². The third-order valence-electron chi connectivity index (χ3n) is 3.33. The van der Waals surface area contributed by atoms with E-state index in [4.69, 9.17) is 16.3 Å². The van der Waals surface area contributed by atoms with Gasteiger partial charge in [-0.05, 0) is 48.4 Å². The number of aromatic hydroxyl groups is 1. The summed E-state index contributed by atoms with van der Waals surface area (Å²) in [4.78, 5) is 12.3. The Bertz CT molecular complexity index is 854. The van der Waals surface area contributed by atoms with Crippen molar-refractivity contribution in [2.75, 3.05) is 12.4 Å². The number of hydrogen-bond donors (Lipinski definition) is 2. The molecule has 2 rings (SSSR count). The number of hydrogen-bond acceptors (Lipinski definition) is 4. The van der Waals surface area contributed by atoms with Gasteiger partial charge in [0.15, 0.2) is 11.5 Å². The van der Waals surface area contributed by atoms with Gasteiger partial charge in [0.1, 0.15) is 11.6 Å². The van der Waals surface area contributed by atoms with Crippen LogP contribution in [0, 0.1) is 18.3 Å². The molecular weight excluding hydrogens is 328 g/mol. The molecule has 5 nitrogen and oxygen atoms in total. The van der Waals surface area contributed by atoms with Crippen LogP contribution < -0.4 is 10.1 Å². The van der Waals surface area contributed by atoms with Crippen LogP contribution in [0.4, 0.5) is 5.69 Å². The van der Waals surface area contributed by atoms with Gasteiger partial charge in [-0.2, -0.15) is 5.26 Å². The van der Waals surface area contributed by atoms with Gasteiger partial charge in [-0.25, -0.2) is 0 Å². The summed E-state index contributed by atoms with van der Waals surface area (Å²) < 4.78 is 4.95. The zero-order valence-corrected chi connectivity index (χ0v) is 13.9. The Balaban J connectivity index is 2.27. The SMILES string of the molecule is COc1ccc(/C=C(\C#N)C(=O)Nc2cc(Cl)ccc2C)cc1O. The smallest absolute Gasteiger partial charge is 0.266 e. The van der Waals surface area contributed by atoms with E-state index in [1.54, 1.807) is 30.3 Å². The van der Waals surface area contributed by atoms with Crippen molar-refractivity contribution in [2.24, 2.45) is 0 Å². The van der Waals surface area contributed by atoms with Gasteiger partial charge in [0.25, 0.3) is 5.91 Å². The highest BCUT2D eigenvalue weighted by Crippen LogP contribution is 2.27. The van der Waals surface area contributed by atoms with Crippen LogP contribution >= 0.6 is 11.6 Å². The second-order valence-corrected chi connectivity index (χ2v) is 5.45. The Morgan fingerprint density at radius 3 is 2.71 bits per heavy atom. The Kier molecular flexibility index (Phi) is 5.46. The number of carbonyl (C=O) groups excluding carboxylic acids is 1. The zero-order chi connectivity index (χ0) is 17.7. The van der Waals surface area contributed by atoms with Gasteiger partial charge in [-0.1, -0.05) is 23.7 Å². The fraction of sp³-hybridized carbons (Fsp3) is 0.111. The Morgan fingerprint density at radius 2 is 2.08 bits per heavy atom. The van der Waals surface area contributed by atoms with E-state index < -0.39 is 5.91 Å². The van der Waals surface area contributed by atoms with E-state index in [2.05, 4.69) is 5.32 Å². The maximum Gasteiger partial charge on any atom is 0.266 e. The Hall–Kier alpha value is -2.97. The first-order chi connectivity index (χ1) is 11.4. The molecule has 2 aromatic carbocycles. The van der Waals surface area contributed by atoms with Crippen LogP contribution in [0.15, 0.2) is 42.0 Å². The first-order valence-corrected chi connectivity index (χ1v) is 7.38. The predicted molar refractivity (Wildman–Crippen MR) is 93.1 cm³/mol. The highest BCUT2D eigenvalue weighted by molar-refractivity contribution is 6.31. The molecule has 0 fully saturated rings. The highest BCUT2D eigenvalue weighted by Gasteiger charge is 2.12. The second-order valence-electron chi connectivity index (χ2n) is 5.01. The van der Waals surface area contributed by atoms with Crippen molar-refractivity contribution < 1.29 is 14.6 Å². The number of benzene rings is 2. The normalized spacial score (nSPS) is 10.8. The van der Waals surface area contributed by atoms with Crippen molar-refractivity contribution in [3.05, 3.63) is 58.1 Å². The Labute approximate surface area is 144 Å². The molecule has 0 radical (unpaired) electrons. The van der Waals surface area contributed by atoms with Crippen LogP contribution in [0.2, 0.25) is 5.02 Å². The standard InChI is InChI=1S/C18H15ClN2O3/c1-11-3-5-14(19)9-15(11)21-18(23)13(10-20)7-12-4-6-17(24-2)16(22)8-12/h3-9,22H,1-2H3,(H,21,23)/b13-7+. The van der Waals surface area contributed by atoms with E-state index in [0.29, 0.717) is 22.0 Å². The number of nitrogens with zero attached hydrogens (tertiary/aromatic N) is 1. The molecule has 0 aliphatic rings. The molecule has 6 heteroatoms. The molecular formula is C18H15ClN2O3. The summed E-state index contributed by atoms with van der Waals surface area (Å²) in [6.07, 6.45) is 1.38. The highest BCUT2D eigenvalue weighted by atomic mass is 35.5. The lowest BCUT2D eigenvalue weighted by Gasteiger charge is -2.08. The molecule has 24 heavy (non-hydrogen) atoms.